The van der Waals surface area contributed by atoms with Gasteiger partial charge in [-0.15, -0.1) is 5.92 Å². The average Bonchev–Trinajstić information content (AvgIpc) is 2.48. The fourth-order valence-electron chi connectivity index (χ4n) is 2.17. The zero-order valence-corrected chi connectivity index (χ0v) is 11.4. The maximum Gasteiger partial charge on any atom is 0.253 e. The zero-order valence-electron chi connectivity index (χ0n) is 11.4. The topological polar surface area (TPSA) is 23.6 Å². The lowest BCUT2D eigenvalue weighted by atomic mass is 10.2. The molecule has 0 spiro atoms. The van der Waals surface area contributed by atoms with Crippen LogP contribution in [0.1, 0.15) is 23.7 Å². The van der Waals surface area contributed by atoms with Crippen molar-refractivity contribution in [1.82, 2.24) is 9.80 Å². The number of piperazine rings is 1. The van der Waals surface area contributed by atoms with Gasteiger partial charge in [0.15, 0.2) is 0 Å². The molecule has 1 aliphatic rings. The fourth-order valence-corrected chi connectivity index (χ4v) is 2.17. The van der Waals surface area contributed by atoms with Gasteiger partial charge >= 0.3 is 0 Å². The Morgan fingerprint density at radius 3 is 2.42 bits per heavy atom. The summed E-state index contributed by atoms with van der Waals surface area (Å²) in [6.07, 6.45) is 0.909. The van der Waals surface area contributed by atoms with Crippen LogP contribution in [0.5, 0.6) is 0 Å². The van der Waals surface area contributed by atoms with E-state index in [1.165, 1.54) is 0 Å². The Hall–Kier alpha value is -1.79. The second-order valence-corrected chi connectivity index (χ2v) is 4.64. The van der Waals surface area contributed by atoms with E-state index in [4.69, 9.17) is 0 Å². The molecule has 1 aromatic carbocycles. The van der Waals surface area contributed by atoms with E-state index in [-0.39, 0.29) is 5.91 Å². The molecular formula is C16H20N2O. The lowest BCUT2D eigenvalue weighted by molar-refractivity contribution is 0.0652. The Kier molecular flexibility index (Phi) is 5.00. The molecule has 0 radical (unpaired) electrons. The van der Waals surface area contributed by atoms with Gasteiger partial charge in [-0.2, -0.15) is 0 Å². The van der Waals surface area contributed by atoms with Gasteiger partial charge in [0.05, 0.1) is 6.54 Å². The SMILES string of the molecule is CCC#CCN1CCN(C(=O)c2ccccc2)CC1. The second kappa shape index (κ2) is 6.96. The standard InChI is InChI=1S/C16H20N2O/c1-2-3-7-10-17-11-13-18(14-12-17)16(19)15-8-5-4-6-9-15/h4-6,8-9H,2,10-14H2,1H3. The molecule has 0 bridgehead atoms. The Morgan fingerprint density at radius 1 is 1.11 bits per heavy atom. The van der Waals surface area contributed by atoms with Gasteiger partial charge in [0.2, 0.25) is 0 Å². The van der Waals surface area contributed by atoms with E-state index in [1.807, 2.05) is 35.2 Å². The van der Waals surface area contributed by atoms with Crippen LogP contribution in [0.4, 0.5) is 0 Å². The van der Waals surface area contributed by atoms with E-state index >= 15 is 0 Å². The first-order valence-electron chi connectivity index (χ1n) is 6.83. The number of carbonyl (C=O) groups excluding carboxylic acids is 1. The van der Waals surface area contributed by atoms with E-state index in [9.17, 15) is 4.79 Å². The summed E-state index contributed by atoms with van der Waals surface area (Å²) in [5, 5.41) is 0. The highest BCUT2D eigenvalue weighted by Crippen LogP contribution is 2.08. The number of amides is 1. The zero-order chi connectivity index (χ0) is 13.5. The minimum Gasteiger partial charge on any atom is -0.336 e. The quantitative estimate of drug-likeness (QED) is 0.754. The van der Waals surface area contributed by atoms with Gasteiger partial charge in [0.25, 0.3) is 5.91 Å². The third kappa shape index (κ3) is 3.84. The van der Waals surface area contributed by atoms with Crippen molar-refractivity contribution in [2.24, 2.45) is 0 Å². The van der Waals surface area contributed by atoms with Crippen LogP contribution in [0.25, 0.3) is 0 Å². The summed E-state index contributed by atoms with van der Waals surface area (Å²) >= 11 is 0. The summed E-state index contributed by atoms with van der Waals surface area (Å²) in [6, 6.07) is 9.50. The first kappa shape index (κ1) is 13.6. The van der Waals surface area contributed by atoms with E-state index in [0.717, 1.165) is 44.7 Å². The number of rotatable bonds is 2. The second-order valence-electron chi connectivity index (χ2n) is 4.64. The van der Waals surface area contributed by atoms with Crippen LogP contribution in [0.2, 0.25) is 0 Å². The molecule has 1 amide bonds. The Balaban J connectivity index is 1.85. The molecule has 0 atom stereocenters. The molecular weight excluding hydrogens is 236 g/mol. The van der Waals surface area contributed by atoms with E-state index in [2.05, 4.69) is 23.7 Å². The maximum atomic E-state index is 12.2. The van der Waals surface area contributed by atoms with Gasteiger partial charge < -0.3 is 4.90 Å². The van der Waals surface area contributed by atoms with Crippen LogP contribution >= 0.6 is 0 Å². The molecule has 1 fully saturated rings. The smallest absolute Gasteiger partial charge is 0.253 e. The first-order chi connectivity index (χ1) is 9.31. The Labute approximate surface area is 115 Å². The summed E-state index contributed by atoms with van der Waals surface area (Å²) in [5.41, 5.74) is 0.779. The van der Waals surface area contributed by atoms with Gasteiger partial charge in [-0.25, -0.2) is 0 Å². The highest BCUT2D eigenvalue weighted by atomic mass is 16.2. The van der Waals surface area contributed by atoms with Crippen LogP contribution in [0.3, 0.4) is 0 Å². The van der Waals surface area contributed by atoms with Gasteiger partial charge in [-0.1, -0.05) is 31.0 Å². The molecule has 19 heavy (non-hydrogen) atoms. The van der Waals surface area contributed by atoms with E-state index in [1.54, 1.807) is 0 Å². The van der Waals surface area contributed by atoms with Crippen molar-refractivity contribution in [2.75, 3.05) is 32.7 Å². The molecule has 1 aromatic rings. The van der Waals surface area contributed by atoms with Crippen molar-refractivity contribution >= 4 is 5.91 Å². The first-order valence-corrected chi connectivity index (χ1v) is 6.83. The van der Waals surface area contributed by atoms with Crippen molar-refractivity contribution in [1.29, 1.82) is 0 Å². The largest absolute Gasteiger partial charge is 0.336 e. The van der Waals surface area contributed by atoms with E-state index in [0.29, 0.717) is 0 Å². The van der Waals surface area contributed by atoms with Crippen LogP contribution in [0, 0.1) is 11.8 Å². The van der Waals surface area contributed by atoms with Crippen LogP contribution in [0.15, 0.2) is 30.3 Å². The van der Waals surface area contributed by atoms with Crippen molar-refractivity contribution in [3.63, 3.8) is 0 Å². The maximum absolute atomic E-state index is 12.2. The van der Waals surface area contributed by atoms with Crippen LogP contribution in [-0.2, 0) is 0 Å². The van der Waals surface area contributed by atoms with Crippen molar-refractivity contribution in [2.45, 2.75) is 13.3 Å². The summed E-state index contributed by atoms with van der Waals surface area (Å²) in [5.74, 6) is 6.37. The number of hydrogen-bond donors (Lipinski definition) is 0. The van der Waals surface area contributed by atoms with Crippen molar-refractivity contribution in [3.8, 4) is 11.8 Å². The molecule has 0 N–H and O–H groups in total. The molecule has 0 saturated carbocycles. The number of benzene rings is 1. The molecule has 1 aliphatic heterocycles. The Morgan fingerprint density at radius 2 is 1.79 bits per heavy atom. The normalized spacial score (nSPS) is 15.7. The molecule has 0 aliphatic carbocycles. The molecule has 3 nitrogen and oxygen atoms in total. The molecule has 0 unspecified atom stereocenters. The summed E-state index contributed by atoms with van der Waals surface area (Å²) in [7, 11) is 0. The molecule has 1 heterocycles. The summed E-state index contributed by atoms with van der Waals surface area (Å²) < 4.78 is 0. The lowest BCUT2D eigenvalue weighted by Gasteiger charge is -2.33. The highest BCUT2D eigenvalue weighted by molar-refractivity contribution is 5.94. The minimum atomic E-state index is 0.139. The van der Waals surface area contributed by atoms with E-state index < -0.39 is 0 Å². The number of nitrogens with zero attached hydrogens (tertiary/aromatic N) is 2. The van der Waals surface area contributed by atoms with Crippen LogP contribution < -0.4 is 0 Å². The summed E-state index contributed by atoms with van der Waals surface area (Å²) in [4.78, 5) is 16.5. The van der Waals surface area contributed by atoms with Crippen molar-refractivity contribution in [3.05, 3.63) is 35.9 Å². The molecule has 100 valence electrons. The van der Waals surface area contributed by atoms with Gasteiger partial charge in [-0.3, -0.25) is 9.69 Å². The average molecular weight is 256 g/mol. The number of carbonyl (C=O) groups is 1. The third-order valence-electron chi connectivity index (χ3n) is 3.28. The van der Waals surface area contributed by atoms with Gasteiger partial charge in [-0.05, 0) is 12.1 Å². The lowest BCUT2D eigenvalue weighted by Crippen LogP contribution is -2.48. The van der Waals surface area contributed by atoms with Crippen molar-refractivity contribution < 1.29 is 4.79 Å². The minimum absolute atomic E-state index is 0.139. The number of hydrogen-bond acceptors (Lipinski definition) is 2. The molecule has 2 rings (SSSR count). The Bertz CT molecular complexity index is 465. The molecule has 0 aromatic heterocycles. The summed E-state index contributed by atoms with van der Waals surface area (Å²) in [6.45, 7) is 6.29. The monoisotopic (exact) mass is 256 g/mol. The van der Waals surface area contributed by atoms with Crippen LogP contribution in [-0.4, -0.2) is 48.4 Å². The predicted octanol–water partition coefficient (Wildman–Crippen LogP) is 1.86. The molecule has 3 heteroatoms. The molecule has 1 saturated heterocycles. The predicted molar refractivity (Wildman–Crippen MR) is 76.9 cm³/mol. The van der Waals surface area contributed by atoms with Gasteiger partial charge in [0, 0.05) is 38.2 Å². The van der Waals surface area contributed by atoms with Gasteiger partial charge in [0.1, 0.15) is 0 Å². The third-order valence-corrected chi connectivity index (χ3v) is 3.28. The fraction of sp³-hybridized carbons (Fsp3) is 0.438. The highest BCUT2D eigenvalue weighted by Gasteiger charge is 2.21.